The molecule has 4 heteroatoms. The quantitative estimate of drug-likeness (QED) is 0.878. The fourth-order valence-corrected chi connectivity index (χ4v) is 3.84. The molecule has 0 fully saturated rings. The van der Waals surface area contributed by atoms with Gasteiger partial charge in [0, 0.05) is 11.4 Å². The van der Waals surface area contributed by atoms with Gasteiger partial charge >= 0.3 is 0 Å². The van der Waals surface area contributed by atoms with Crippen LogP contribution in [0.4, 0.5) is 5.69 Å². The number of hydrogen-bond acceptors (Lipinski definition) is 2. The number of aromatic amines is 1. The second kappa shape index (κ2) is 4.97. The molecule has 2 N–H and O–H groups in total. The standard InChI is InChI=1S/C18H23N3O/c1-10-9-18(4,5)13-7-6-8-14(15(10)13)19-17(22)16-11(2)20-21-12(16)3/h6-8,10H,9H2,1-5H3,(H,19,22)(H,20,21). The molecule has 1 aliphatic rings. The minimum Gasteiger partial charge on any atom is -0.322 e. The van der Waals surface area contributed by atoms with E-state index in [-0.39, 0.29) is 11.3 Å². The summed E-state index contributed by atoms with van der Waals surface area (Å²) >= 11 is 0. The molecular weight excluding hydrogens is 274 g/mol. The predicted octanol–water partition coefficient (Wildman–Crippen LogP) is 4.06. The van der Waals surface area contributed by atoms with E-state index in [1.165, 1.54) is 11.1 Å². The highest BCUT2D eigenvalue weighted by Crippen LogP contribution is 2.48. The molecule has 4 nitrogen and oxygen atoms in total. The van der Waals surface area contributed by atoms with Gasteiger partial charge < -0.3 is 5.32 Å². The number of hydrogen-bond donors (Lipinski definition) is 2. The van der Waals surface area contributed by atoms with E-state index in [4.69, 9.17) is 0 Å². The van der Waals surface area contributed by atoms with Gasteiger partial charge in [-0.2, -0.15) is 5.10 Å². The number of amides is 1. The van der Waals surface area contributed by atoms with Gasteiger partial charge in [-0.3, -0.25) is 9.89 Å². The van der Waals surface area contributed by atoms with Crippen LogP contribution in [0, 0.1) is 13.8 Å². The molecule has 2 aromatic rings. The van der Waals surface area contributed by atoms with Gasteiger partial charge in [0.2, 0.25) is 0 Å². The van der Waals surface area contributed by atoms with Crippen LogP contribution in [-0.4, -0.2) is 16.1 Å². The van der Waals surface area contributed by atoms with E-state index in [1.807, 2.05) is 26.0 Å². The lowest BCUT2D eigenvalue weighted by Crippen LogP contribution is -2.16. The average molecular weight is 297 g/mol. The number of rotatable bonds is 2. The lowest BCUT2D eigenvalue weighted by molar-refractivity contribution is 0.102. The zero-order valence-corrected chi connectivity index (χ0v) is 13.9. The molecule has 1 aliphatic carbocycles. The minimum absolute atomic E-state index is 0.0888. The van der Waals surface area contributed by atoms with Crippen LogP contribution in [0.5, 0.6) is 0 Å². The highest BCUT2D eigenvalue weighted by Gasteiger charge is 2.36. The normalized spacial score (nSPS) is 19.0. The Hall–Kier alpha value is -2.10. The van der Waals surface area contributed by atoms with Crippen LogP contribution >= 0.6 is 0 Å². The number of aryl methyl sites for hydroxylation is 2. The zero-order valence-electron chi connectivity index (χ0n) is 13.9. The molecule has 1 heterocycles. The first-order valence-electron chi connectivity index (χ1n) is 7.77. The SMILES string of the molecule is Cc1n[nH]c(C)c1C(=O)Nc1cccc2c1C(C)CC2(C)C. The summed E-state index contributed by atoms with van der Waals surface area (Å²) in [4.78, 5) is 12.6. The monoisotopic (exact) mass is 297 g/mol. The topological polar surface area (TPSA) is 57.8 Å². The van der Waals surface area contributed by atoms with Gasteiger partial charge in [0.1, 0.15) is 0 Å². The number of anilines is 1. The van der Waals surface area contributed by atoms with Crippen molar-refractivity contribution in [1.82, 2.24) is 10.2 Å². The number of benzene rings is 1. The minimum atomic E-state index is -0.0888. The Morgan fingerprint density at radius 1 is 1.36 bits per heavy atom. The summed E-state index contributed by atoms with van der Waals surface area (Å²) in [5, 5.41) is 10.1. The second-order valence-corrected chi connectivity index (χ2v) is 7.02. The molecule has 0 saturated heterocycles. The molecule has 1 atom stereocenters. The number of carbonyl (C=O) groups is 1. The summed E-state index contributed by atoms with van der Waals surface area (Å²) in [6.07, 6.45) is 1.11. The number of aromatic nitrogens is 2. The van der Waals surface area contributed by atoms with Crippen LogP contribution in [0.3, 0.4) is 0 Å². The molecule has 0 bridgehead atoms. The van der Waals surface area contributed by atoms with Crippen LogP contribution < -0.4 is 5.32 Å². The maximum Gasteiger partial charge on any atom is 0.259 e. The van der Waals surface area contributed by atoms with Crippen molar-refractivity contribution >= 4 is 11.6 Å². The van der Waals surface area contributed by atoms with E-state index in [1.54, 1.807) is 0 Å². The van der Waals surface area contributed by atoms with E-state index >= 15 is 0 Å². The number of fused-ring (bicyclic) bond motifs is 1. The molecule has 1 aromatic heterocycles. The fraction of sp³-hybridized carbons (Fsp3) is 0.444. The first kappa shape index (κ1) is 14.8. The van der Waals surface area contributed by atoms with Crippen LogP contribution in [0.2, 0.25) is 0 Å². The number of nitrogens with one attached hydrogen (secondary N) is 2. The van der Waals surface area contributed by atoms with Crippen molar-refractivity contribution in [3.8, 4) is 0 Å². The van der Waals surface area contributed by atoms with Gasteiger partial charge in [0.05, 0.1) is 11.3 Å². The van der Waals surface area contributed by atoms with Crippen molar-refractivity contribution in [3.05, 3.63) is 46.3 Å². The summed E-state index contributed by atoms with van der Waals surface area (Å²) in [6.45, 7) is 10.5. The first-order valence-corrected chi connectivity index (χ1v) is 7.77. The molecule has 22 heavy (non-hydrogen) atoms. The Morgan fingerprint density at radius 2 is 2.09 bits per heavy atom. The molecular formula is C18H23N3O. The maximum atomic E-state index is 12.6. The van der Waals surface area contributed by atoms with Crippen LogP contribution in [0.25, 0.3) is 0 Å². The van der Waals surface area contributed by atoms with Crippen molar-refractivity contribution in [1.29, 1.82) is 0 Å². The molecule has 0 radical (unpaired) electrons. The summed E-state index contributed by atoms with van der Waals surface area (Å²) in [6, 6.07) is 6.21. The van der Waals surface area contributed by atoms with E-state index < -0.39 is 0 Å². The smallest absolute Gasteiger partial charge is 0.259 e. The predicted molar refractivity (Wildman–Crippen MR) is 88.5 cm³/mol. The third-order valence-electron chi connectivity index (χ3n) is 4.75. The van der Waals surface area contributed by atoms with Gasteiger partial charge in [0.25, 0.3) is 5.91 Å². The lowest BCUT2D eigenvalue weighted by Gasteiger charge is -2.19. The molecule has 116 valence electrons. The van der Waals surface area contributed by atoms with Crippen molar-refractivity contribution in [2.24, 2.45) is 0 Å². The van der Waals surface area contributed by atoms with Gasteiger partial charge in [-0.05, 0) is 48.8 Å². The van der Waals surface area contributed by atoms with Crippen molar-refractivity contribution in [2.75, 3.05) is 5.32 Å². The van der Waals surface area contributed by atoms with Crippen LogP contribution in [-0.2, 0) is 5.41 Å². The Kier molecular flexibility index (Phi) is 3.35. The highest BCUT2D eigenvalue weighted by molar-refractivity contribution is 6.06. The Labute approximate surface area is 131 Å². The number of H-pyrrole nitrogens is 1. The van der Waals surface area contributed by atoms with Gasteiger partial charge in [-0.1, -0.05) is 32.9 Å². The van der Waals surface area contributed by atoms with Crippen molar-refractivity contribution < 1.29 is 4.79 Å². The van der Waals surface area contributed by atoms with Crippen LogP contribution in [0.1, 0.15) is 66.0 Å². The lowest BCUT2D eigenvalue weighted by atomic mass is 9.86. The van der Waals surface area contributed by atoms with Gasteiger partial charge in [-0.25, -0.2) is 0 Å². The molecule has 1 unspecified atom stereocenters. The maximum absolute atomic E-state index is 12.6. The average Bonchev–Trinajstić information content (AvgIpc) is 2.88. The van der Waals surface area contributed by atoms with E-state index in [2.05, 4.69) is 42.4 Å². The molecule has 0 saturated carbocycles. The summed E-state index contributed by atoms with van der Waals surface area (Å²) in [5.41, 5.74) is 5.89. The third kappa shape index (κ3) is 2.23. The summed E-state index contributed by atoms with van der Waals surface area (Å²) < 4.78 is 0. The Morgan fingerprint density at radius 3 is 2.73 bits per heavy atom. The van der Waals surface area contributed by atoms with Crippen molar-refractivity contribution in [3.63, 3.8) is 0 Å². The van der Waals surface area contributed by atoms with E-state index in [0.29, 0.717) is 11.5 Å². The summed E-state index contributed by atoms with van der Waals surface area (Å²) in [5.74, 6) is 0.363. The Bertz CT molecular complexity index is 723. The van der Waals surface area contributed by atoms with E-state index in [0.717, 1.165) is 23.5 Å². The fourth-order valence-electron chi connectivity index (χ4n) is 3.84. The number of carbonyl (C=O) groups excluding carboxylic acids is 1. The number of nitrogens with zero attached hydrogens (tertiary/aromatic N) is 1. The highest BCUT2D eigenvalue weighted by atomic mass is 16.1. The molecule has 1 amide bonds. The van der Waals surface area contributed by atoms with Gasteiger partial charge in [-0.15, -0.1) is 0 Å². The van der Waals surface area contributed by atoms with E-state index in [9.17, 15) is 4.79 Å². The first-order chi connectivity index (χ1) is 10.3. The summed E-state index contributed by atoms with van der Waals surface area (Å²) in [7, 11) is 0. The molecule has 0 spiro atoms. The largest absolute Gasteiger partial charge is 0.322 e. The van der Waals surface area contributed by atoms with Gasteiger partial charge in [0.15, 0.2) is 0 Å². The zero-order chi connectivity index (χ0) is 16.1. The second-order valence-electron chi connectivity index (χ2n) is 7.02. The third-order valence-corrected chi connectivity index (χ3v) is 4.75. The molecule has 0 aliphatic heterocycles. The Balaban J connectivity index is 1.98. The molecule has 1 aromatic carbocycles. The molecule has 3 rings (SSSR count). The van der Waals surface area contributed by atoms with Crippen LogP contribution in [0.15, 0.2) is 18.2 Å². The van der Waals surface area contributed by atoms with Crippen molar-refractivity contribution in [2.45, 2.75) is 52.4 Å².